The number of ketones is 1. The molecule has 5 nitrogen and oxygen atoms in total. The third-order valence-electron chi connectivity index (χ3n) is 3.85. The predicted octanol–water partition coefficient (Wildman–Crippen LogP) is 3.54. The van der Waals surface area contributed by atoms with Gasteiger partial charge in [0.2, 0.25) is 5.91 Å². The van der Waals surface area contributed by atoms with E-state index in [2.05, 4.69) is 17.0 Å². The lowest BCUT2D eigenvalue weighted by molar-refractivity contribution is -0.144. The highest BCUT2D eigenvalue weighted by Gasteiger charge is 2.15. The fourth-order valence-electron chi connectivity index (χ4n) is 2.38. The van der Waals surface area contributed by atoms with E-state index in [1.807, 2.05) is 0 Å². The van der Waals surface area contributed by atoms with Crippen molar-refractivity contribution in [1.82, 2.24) is 5.32 Å². The van der Waals surface area contributed by atoms with E-state index in [1.165, 1.54) is 26.4 Å². The van der Waals surface area contributed by atoms with Crippen molar-refractivity contribution in [1.29, 1.82) is 0 Å². The summed E-state index contributed by atoms with van der Waals surface area (Å²) in [6.45, 7) is 3.78. The van der Waals surface area contributed by atoms with E-state index in [0.717, 1.165) is 32.1 Å². The molecule has 0 heterocycles. The molecule has 1 atom stereocenters. The van der Waals surface area contributed by atoms with Crippen molar-refractivity contribution >= 4 is 17.7 Å². The fourth-order valence-corrected chi connectivity index (χ4v) is 2.38. The number of methoxy groups -OCH3 is 1. The minimum absolute atomic E-state index is 0.148. The lowest BCUT2D eigenvalue weighted by Crippen LogP contribution is -2.38. The normalized spacial score (nSPS) is 11.8. The Morgan fingerprint density at radius 3 is 1.96 bits per heavy atom. The summed E-state index contributed by atoms with van der Waals surface area (Å²) in [6, 6.07) is -0.609. The van der Waals surface area contributed by atoms with Gasteiger partial charge in [-0.2, -0.15) is 0 Å². The molecular formula is C18H33NO4. The lowest BCUT2D eigenvalue weighted by atomic mass is 10.0. The summed E-state index contributed by atoms with van der Waals surface area (Å²) in [4.78, 5) is 34.5. The van der Waals surface area contributed by atoms with E-state index in [-0.39, 0.29) is 5.91 Å². The summed E-state index contributed by atoms with van der Waals surface area (Å²) >= 11 is 0. The number of carbonyl (C=O) groups is 3. The Morgan fingerprint density at radius 2 is 1.39 bits per heavy atom. The molecule has 0 rings (SSSR count). The van der Waals surface area contributed by atoms with Crippen LogP contribution in [0.2, 0.25) is 0 Å². The van der Waals surface area contributed by atoms with Crippen LogP contribution in [0.5, 0.6) is 0 Å². The molecule has 1 N–H and O–H groups in total. The second-order valence-corrected chi connectivity index (χ2v) is 6.08. The van der Waals surface area contributed by atoms with Gasteiger partial charge in [-0.1, -0.05) is 39.0 Å². The molecule has 0 saturated heterocycles. The number of ether oxygens (including phenoxy) is 1. The largest absolute Gasteiger partial charge is 0.467 e. The summed E-state index contributed by atoms with van der Waals surface area (Å²) in [5.41, 5.74) is 0. The Hall–Kier alpha value is -1.39. The van der Waals surface area contributed by atoms with Crippen LogP contribution in [-0.4, -0.2) is 30.8 Å². The van der Waals surface area contributed by atoms with E-state index in [1.54, 1.807) is 6.92 Å². The summed E-state index contributed by atoms with van der Waals surface area (Å²) in [7, 11) is 1.30. The van der Waals surface area contributed by atoms with Crippen LogP contribution in [0.25, 0.3) is 0 Å². The number of rotatable bonds is 14. The van der Waals surface area contributed by atoms with Crippen LogP contribution in [0.15, 0.2) is 0 Å². The Bertz CT molecular complexity index is 355. The maximum absolute atomic E-state index is 11.7. The van der Waals surface area contributed by atoms with E-state index < -0.39 is 12.0 Å². The number of carbonyl (C=O) groups excluding carboxylic acids is 3. The van der Waals surface area contributed by atoms with Crippen LogP contribution >= 0.6 is 0 Å². The molecule has 0 saturated carbocycles. The van der Waals surface area contributed by atoms with Crippen molar-refractivity contribution in [3.8, 4) is 0 Å². The summed E-state index contributed by atoms with van der Waals surface area (Å²) in [5, 5.41) is 2.59. The molecule has 0 aromatic rings. The molecule has 1 amide bonds. The predicted molar refractivity (Wildman–Crippen MR) is 91.1 cm³/mol. The van der Waals surface area contributed by atoms with Crippen molar-refractivity contribution in [2.24, 2.45) is 0 Å². The first-order valence-corrected chi connectivity index (χ1v) is 8.90. The fraction of sp³-hybridized carbons (Fsp3) is 0.833. The zero-order valence-electron chi connectivity index (χ0n) is 15.0. The molecule has 0 fully saturated rings. The van der Waals surface area contributed by atoms with Crippen LogP contribution in [0.4, 0.5) is 0 Å². The highest BCUT2D eigenvalue weighted by molar-refractivity contribution is 5.84. The average molecular weight is 327 g/mol. The number of hydrogen-bond donors (Lipinski definition) is 1. The molecule has 0 aliphatic carbocycles. The first-order valence-electron chi connectivity index (χ1n) is 8.90. The van der Waals surface area contributed by atoms with Crippen LogP contribution in [0.3, 0.4) is 0 Å². The molecule has 0 spiro atoms. The minimum Gasteiger partial charge on any atom is -0.467 e. The quantitative estimate of drug-likeness (QED) is 0.391. The van der Waals surface area contributed by atoms with Gasteiger partial charge in [0, 0.05) is 19.3 Å². The highest BCUT2D eigenvalue weighted by Crippen LogP contribution is 2.09. The van der Waals surface area contributed by atoms with Crippen molar-refractivity contribution in [3.63, 3.8) is 0 Å². The van der Waals surface area contributed by atoms with Gasteiger partial charge in [-0.15, -0.1) is 0 Å². The zero-order chi connectivity index (χ0) is 17.5. The second-order valence-electron chi connectivity index (χ2n) is 6.08. The maximum Gasteiger partial charge on any atom is 0.328 e. The molecule has 0 bridgehead atoms. The SMILES string of the molecule is CCCCCCCC(=O)CCCCCC(=O)N[C@@H](C)C(=O)OC. The standard InChI is InChI=1S/C18H33NO4/c1-4-5-6-7-9-12-16(20)13-10-8-11-14-17(21)19-15(2)18(22)23-3/h15H,4-14H2,1-3H3,(H,19,21)/t15-/m0/s1. The van der Waals surface area contributed by atoms with E-state index in [9.17, 15) is 14.4 Å². The molecule has 0 aliphatic heterocycles. The van der Waals surface area contributed by atoms with Crippen molar-refractivity contribution in [2.45, 2.75) is 90.5 Å². The number of Topliss-reactive ketones (excluding diaryl/α,β-unsaturated/α-hetero) is 1. The summed E-state index contributed by atoms with van der Waals surface area (Å²) < 4.78 is 4.54. The molecule has 134 valence electrons. The van der Waals surface area contributed by atoms with Gasteiger partial charge in [0.15, 0.2) is 0 Å². The van der Waals surface area contributed by atoms with Gasteiger partial charge in [0.05, 0.1) is 7.11 Å². The molecular weight excluding hydrogens is 294 g/mol. The van der Waals surface area contributed by atoms with Gasteiger partial charge in [0.1, 0.15) is 11.8 Å². The molecule has 0 aromatic carbocycles. The zero-order valence-corrected chi connectivity index (χ0v) is 15.0. The van der Waals surface area contributed by atoms with Crippen molar-refractivity contribution in [2.75, 3.05) is 7.11 Å². The van der Waals surface area contributed by atoms with Crippen LogP contribution in [-0.2, 0) is 19.1 Å². The van der Waals surface area contributed by atoms with Gasteiger partial charge in [-0.25, -0.2) is 4.79 Å². The summed E-state index contributed by atoms with van der Waals surface area (Å²) in [6.07, 6.45) is 10.00. The third-order valence-corrected chi connectivity index (χ3v) is 3.85. The van der Waals surface area contributed by atoms with Gasteiger partial charge in [-0.05, 0) is 26.2 Å². The molecule has 0 aliphatic rings. The Kier molecular flexibility index (Phi) is 13.4. The first kappa shape index (κ1) is 21.6. The van der Waals surface area contributed by atoms with Gasteiger partial charge in [0.25, 0.3) is 0 Å². The molecule has 0 unspecified atom stereocenters. The Balaban J connectivity index is 3.52. The maximum atomic E-state index is 11.7. The smallest absolute Gasteiger partial charge is 0.328 e. The van der Waals surface area contributed by atoms with Crippen LogP contribution in [0.1, 0.15) is 84.5 Å². The monoisotopic (exact) mass is 327 g/mol. The van der Waals surface area contributed by atoms with Crippen LogP contribution in [0, 0.1) is 0 Å². The summed E-state index contributed by atoms with van der Waals surface area (Å²) in [5.74, 6) is -0.252. The highest BCUT2D eigenvalue weighted by atomic mass is 16.5. The topological polar surface area (TPSA) is 72.5 Å². The average Bonchev–Trinajstić information content (AvgIpc) is 2.53. The molecule has 5 heteroatoms. The first-order chi connectivity index (χ1) is 11.0. The molecule has 0 aromatic heterocycles. The van der Waals surface area contributed by atoms with E-state index >= 15 is 0 Å². The van der Waals surface area contributed by atoms with Gasteiger partial charge in [-0.3, -0.25) is 9.59 Å². The third kappa shape index (κ3) is 12.8. The minimum atomic E-state index is -0.609. The van der Waals surface area contributed by atoms with Crippen molar-refractivity contribution in [3.05, 3.63) is 0 Å². The Labute approximate surface area is 140 Å². The van der Waals surface area contributed by atoms with Crippen LogP contribution < -0.4 is 5.32 Å². The number of unbranched alkanes of at least 4 members (excludes halogenated alkanes) is 6. The number of amides is 1. The van der Waals surface area contributed by atoms with E-state index in [4.69, 9.17) is 0 Å². The second kappa shape index (κ2) is 14.2. The number of esters is 1. The number of hydrogen-bond acceptors (Lipinski definition) is 4. The van der Waals surface area contributed by atoms with E-state index in [0.29, 0.717) is 25.0 Å². The Morgan fingerprint density at radius 1 is 0.870 bits per heavy atom. The van der Waals surface area contributed by atoms with Crippen molar-refractivity contribution < 1.29 is 19.1 Å². The molecule has 0 radical (unpaired) electrons. The number of nitrogens with one attached hydrogen (secondary N) is 1. The van der Waals surface area contributed by atoms with Gasteiger partial charge < -0.3 is 10.1 Å². The molecule has 23 heavy (non-hydrogen) atoms. The lowest BCUT2D eigenvalue weighted by Gasteiger charge is -2.11. The van der Waals surface area contributed by atoms with Gasteiger partial charge >= 0.3 is 5.97 Å².